The van der Waals surface area contributed by atoms with Crippen LogP contribution in [0.5, 0.6) is 5.75 Å². The van der Waals surface area contributed by atoms with Crippen molar-refractivity contribution < 1.29 is 11.0 Å². The molecule has 0 saturated carbocycles. The first-order valence-corrected chi connectivity index (χ1v) is 8.14. The fourth-order valence-corrected chi connectivity index (χ4v) is 2.76. The summed E-state index contributed by atoms with van der Waals surface area (Å²) in [6.45, 7) is 2.47. The van der Waals surface area contributed by atoms with Gasteiger partial charge in [0, 0.05) is 25.1 Å². The fourth-order valence-electron chi connectivity index (χ4n) is 2.76. The molecule has 0 aliphatic carbocycles. The summed E-state index contributed by atoms with van der Waals surface area (Å²) in [4.78, 5) is 12.1. The molecule has 0 saturated heterocycles. The fraction of sp³-hybridized carbons (Fsp3) is 0.143. The van der Waals surface area contributed by atoms with Gasteiger partial charge in [0.2, 0.25) is 0 Å². The third-order valence-corrected chi connectivity index (χ3v) is 4.00. The van der Waals surface area contributed by atoms with Crippen molar-refractivity contribution in [3.8, 4) is 5.75 Å². The minimum absolute atomic E-state index is 0. The summed E-state index contributed by atoms with van der Waals surface area (Å²) in [5, 5.41) is 12.2. The lowest BCUT2D eigenvalue weighted by atomic mass is 10.0. The van der Waals surface area contributed by atoms with Gasteiger partial charge < -0.3 is 15.5 Å². The zero-order valence-electron chi connectivity index (χ0n) is 14.1. The summed E-state index contributed by atoms with van der Waals surface area (Å²) >= 11 is 0. The Kier molecular flexibility index (Phi) is 5.09. The highest BCUT2D eigenvalue weighted by molar-refractivity contribution is 6.01. The smallest absolute Gasteiger partial charge is 0.258 e. The molecule has 0 spiro atoms. The number of fused-ring (bicyclic) bond motifs is 1. The third-order valence-electron chi connectivity index (χ3n) is 4.00. The van der Waals surface area contributed by atoms with Gasteiger partial charge in [-0.3, -0.25) is 4.79 Å². The number of rotatable bonds is 6. The predicted octanol–water partition coefficient (Wildman–Crippen LogP) is 4.09. The summed E-state index contributed by atoms with van der Waals surface area (Å²) < 4.78 is 5.71. The van der Waals surface area contributed by atoms with E-state index in [-0.39, 0.29) is 13.9 Å². The summed E-state index contributed by atoms with van der Waals surface area (Å²) in [6, 6.07) is 19.4. The summed E-state index contributed by atoms with van der Waals surface area (Å²) in [5.74, 6) is 0.480. The summed E-state index contributed by atoms with van der Waals surface area (Å²) in [7, 11) is 0. The molecule has 4 nitrogen and oxygen atoms in total. The molecule has 0 unspecified atom stereocenters. The van der Waals surface area contributed by atoms with Crippen LogP contribution in [0.4, 0.5) is 0 Å². The van der Waals surface area contributed by atoms with Gasteiger partial charge in [-0.2, -0.15) is 0 Å². The van der Waals surface area contributed by atoms with Gasteiger partial charge in [0.05, 0.1) is 0 Å². The van der Waals surface area contributed by atoms with Gasteiger partial charge >= 0.3 is 0 Å². The van der Waals surface area contributed by atoms with Gasteiger partial charge in [0.1, 0.15) is 5.75 Å². The molecule has 0 heterocycles. The summed E-state index contributed by atoms with van der Waals surface area (Å²) in [5.41, 5.74) is 3.06. The molecule has 0 aliphatic rings. The quantitative estimate of drug-likeness (QED) is 0.667. The maximum Gasteiger partial charge on any atom is 0.258 e. The zero-order chi connectivity index (χ0) is 17.6. The van der Waals surface area contributed by atoms with Gasteiger partial charge in [-0.1, -0.05) is 54.1 Å². The Hall–Kier alpha value is -3.14. The minimum atomic E-state index is -0.165. The molecule has 3 aromatic rings. The first kappa shape index (κ1) is 16.7. The molecule has 4 heteroatoms. The molecule has 0 atom stereocenters. The number of carbonyl (C=O) groups excluding carboxylic acids is 1. The van der Waals surface area contributed by atoms with Crippen LogP contribution in [0.15, 0.2) is 60.7 Å². The van der Waals surface area contributed by atoms with Crippen LogP contribution < -0.4 is 10.1 Å². The van der Waals surface area contributed by atoms with E-state index < -0.39 is 0 Å². The van der Waals surface area contributed by atoms with Crippen LogP contribution in [-0.2, 0) is 11.3 Å². The van der Waals surface area contributed by atoms with Crippen molar-refractivity contribution in [1.82, 2.24) is 5.32 Å². The molecule has 128 valence electrons. The number of aryl methyl sites for hydroxylation is 1. The van der Waals surface area contributed by atoms with Crippen LogP contribution in [0, 0.1) is 12.3 Å². The molecule has 1 amide bonds. The second kappa shape index (κ2) is 7.62. The molecule has 0 radical (unpaired) electrons. The lowest BCUT2D eigenvalue weighted by Gasteiger charge is -2.11. The second-order valence-electron chi connectivity index (χ2n) is 5.90. The van der Waals surface area contributed by atoms with E-state index in [0.717, 1.165) is 21.9 Å². The average molecular weight is 334 g/mol. The normalized spacial score (nSPS) is 10.4. The number of hydrogen-bond donors (Lipinski definition) is 2. The van der Waals surface area contributed by atoms with E-state index in [9.17, 15) is 4.79 Å². The molecule has 0 fully saturated rings. The molecule has 25 heavy (non-hydrogen) atoms. The highest BCUT2D eigenvalue weighted by Crippen LogP contribution is 2.27. The third kappa shape index (κ3) is 4.04. The van der Waals surface area contributed by atoms with E-state index in [4.69, 9.17) is 10.1 Å². The maximum atomic E-state index is 12.1. The van der Waals surface area contributed by atoms with E-state index >= 15 is 0 Å². The number of amides is 1. The first-order chi connectivity index (χ1) is 12.2. The van der Waals surface area contributed by atoms with Crippen LogP contribution in [-0.4, -0.2) is 18.7 Å². The van der Waals surface area contributed by atoms with Crippen LogP contribution in [0.2, 0.25) is 0 Å². The first-order valence-electron chi connectivity index (χ1n) is 8.14. The summed E-state index contributed by atoms with van der Waals surface area (Å²) in [6.07, 6.45) is 1.32. The topological polar surface area (TPSA) is 62.2 Å². The van der Waals surface area contributed by atoms with E-state index in [1.807, 2.05) is 61.5 Å². The Morgan fingerprint density at radius 3 is 2.68 bits per heavy atom. The van der Waals surface area contributed by atoms with E-state index in [2.05, 4.69) is 5.32 Å². The van der Waals surface area contributed by atoms with Gasteiger partial charge in [-0.25, -0.2) is 0 Å². The predicted molar refractivity (Wildman–Crippen MR) is 102 cm³/mol. The molecular weight excluding hydrogens is 312 g/mol. The van der Waals surface area contributed by atoms with E-state index in [1.165, 1.54) is 11.8 Å². The van der Waals surface area contributed by atoms with Crippen LogP contribution in [0.25, 0.3) is 10.8 Å². The van der Waals surface area contributed by atoms with Crippen LogP contribution >= 0.6 is 0 Å². The van der Waals surface area contributed by atoms with Crippen molar-refractivity contribution >= 4 is 22.9 Å². The van der Waals surface area contributed by atoms with Gasteiger partial charge in [0.15, 0.2) is 6.61 Å². The van der Waals surface area contributed by atoms with Crippen molar-refractivity contribution in [3.05, 3.63) is 77.4 Å². The Balaban J connectivity index is 0.00000243. The lowest BCUT2D eigenvalue weighted by molar-refractivity contribution is -0.123. The van der Waals surface area contributed by atoms with Gasteiger partial charge in [-0.15, -0.1) is 0 Å². The molecular formula is C21H22N2O2. The van der Waals surface area contributed by atoms with Gasteiger partial charge in [-0.05, 0) is 30.0 Å². The number of benzene rings is 3. The molecule has 2 N–H and O–H groups in total. The average Bonchev–Trinajstić information content (AvgIpc) is 2.64. The maximum absolute atomic E-state index is 12.1. The monoisotopic (exact) mass is 334 g/mol. The lowest BCUT2D eigenvalue weighted by Crippen LogP contribution is -2.28. The van der Waals surface area contributed by atoms with Crippen molar-refractivity contribution in [3.63, 3.8) is 0 Å². The largest absolute Gasteiger partial charge is 0.483 e. The molecule has 0 aromatic heterocycles. The van der Waals surface area contributed by atoms with Crippen LogP contribution in [0.3, 0.4) is 0 Å². The van der Waals surface area contributed by atoms with Gasteiger partial charge in [0.25, 0.3) is 5.91 Å². The Morgan fingerprint density at radius 2 is 1.92 bits per heavy atom. The van der Waals surface area contributed by atoms with Crippen molar-refractivity contribution in [1.29, 1.82) is 5.41 Å². The Labute approximate surface area is 148 Å². The van der Waals surface area contributed by atoms with Crippen molar-refractivity contribution in [2.24, 2.45) is 0 Å². The SMILES string of the molecule is Cc1cccc(CNC(=O)COc2ccc(C=N)c3ccccc23)c1.[HH]. The van der Waals surface area contributed by atoms with E-state index in [0.29, 0.717) is 12.3 Å². The standard InChI is InChI=1S/C21H20N2O2.H2/c1-15-5-4-6-16(11-15)13-23-21(24)14-25-20-10-9-17(12-22)18-7-2-3-8-19(18)20;/h2-12,22H,13-14H2,1H3,(H,23,24);1H. The second-order valence-corrected chi connectivity index (χ2v) is 5.90. The van der Waals surface area contributed by atoms with Crippen molar-refractivity contribution in [2.45, 2.75) is 13.5 Å². The number of carbonyl (C=O) groups is 1. The number of hydrogen-bond acceptors (Lipinski definition) is 3. The van der Waals surface area contributed by atoms with Crippen LogP contribution in [0.1, 0.15) is 18.1 Å². The minimum Gasteiger partial charge on any atom is -0.483 e. The Bertz CT molecular complexity index is 925. The Morgan fingerprint density at radius 1 is 1.12 bits per heavy atom. The molecule has 3 aromatic carbocycles. The highest BCUT2D eigenvalue weighted by Gasteiger charge is 2.08. The van der Waals surface area contributed by atoms with E-state index in [1.54, 1.807) is 6.07 Å². The number of ether oxygens (including phenoxy) is 1. The molecule has 0 bridgehead atoms. The molecule has 0 aliphatic heterocycles. The van der Waals surface area contributed by atoms with Crippen molar-refractivity contribution in [2.75, 3.05) is 6.61 Å². The zero-order valence-corrected chi connectivity index (χ0v) is 14.1. The number of nitrogens with one attached hydrogen (secondary N) is 2. The molecule has 3 rings (SSSR count). The highest BCUT2D eigenvalue weighted by atomic mass is 16.5.